The van der Waals surface area contributed by atoms with Crippen molar-refractivity contribution in [2.24, 2.45) is 0 Å². The number of Topliss-reactive ketones (excluding diaryl/α,β-unsaturated/α-hetero) is 1. The van der Waals surface area contributed by atoms with Gasteiger partial charge in [-0.05, 0) is 31.0 Å². The highest BCUT2D eigenvalue weighted by Crippen LogP contribution is 2.38. The van der Waals surface area contributed by atoms with Crippen molar-refractivity contribution in [3.05, 3.63) is 29.3 Å². The van der Waals surface area contributed by atoms with E-state index in [1.54, 1.807) is 11.8 Å². The van der Waals surface area contributed by atoms with Crippen LogP contribution in [0.5, 0.6) is 0 Å². The molecule has 0 amide bonds. The first-order valence-electron chi connectivity index (χ1n) is 6.43. The highest BCUT2D eigenvalue weighted by atomic mass is 19.4. The molecule has 0 aromatic heterocycles. The Morgan fingerprint density at radius 1 is 1.26 bits per heavy atom. The van der Waals surface area contributed by atoms with Crippen molar-refractivity contribution in [2.75, 3.05) is 18.0 Å². The first-order chi connectivity index (χ1) is 8.93. The Bertz CT molecular complexity index is 476. The maximum Gasteiger partial charge on any atom is 0.418 e. The van der Waals surface area contributed by atoms with Crippen LogP contribution in [0.25, 0.3) is 0 Å². The summed E-state index contributed by atoms with van der Waals surface area (Å²) in [4.78, 5) is 13.3. The number of halogens is 3. The average Bonchev–Trinajstić information content (AvgIpc) is 2.90. The molecule has 2 rings (SSSR count). The van der Waals surface area contributed by atoms with Crippen molar-refractivity contribution in [2.45, 2.75) is 32.4 Å². The summed E-state index contributed by atoms with van der Waals surface area (Å²) in [6.45, 7) is 2.93. The second-order valence-electron chi connectivity index (χ2n) is 4.70. The number of carbonyl (C=O) groups excluding carboxylic acids is 1. The Morgan fingerprint density at radius 3 is 2.42 bits per heavy atom. The van der Waals surface area contributed by atoms with Gasteiger partial charge in [-0.3, -0.25) is 4.79 Å². The van der Waals surface area contributed by atoms with Crippen LogP contribution in [0.15, 0.2) is 18.2 Å². The summed E-state index contributed by atoms with van der Waals surface area (Å²) in [5.41, 5.74) is -0.371. The largest absolute Gasteiger partial charge is 0.418 e. The number of alkyl halides is 3. The molecule has 0 bridgehead atoms. The van der Waals surface area contributed by atoms with Gasteiger partial charge in [0, 0.05) is 30.8 Å². The molecule has 1 aromatic carbocycles. The first-order valence-corrected chi connectivity index (χ1v) is 6.43. The number of rotatable bonds is 3. The highest BCUT2D eigenvalue weighted by Gasteiger charge is 2.36. The third kappa shape index (κ3) is 2.91. The molecule has 1 fully saturated rings. The number of benzene rings is 1. The van der Waals surface area contributed by atoms with Crippen LogP contribution >= 0.6 is 0 Å². The van der Waals surface area contributed by atoms with Gasteiger partial charge in [0.15, 0.2) is 5.78 Å². The Kier molecular flexibility index (Phi) is 3.83. The molecule has 19 heavy (non-hydrogen) atoms. The first kappa shape index (κ1) is 13.9. The number of hydrogen-bond donors (Lipinski definition) is 0. The minimum absolute atomic E-state index is 0.137. The zero-order valence-electron chi connectivity index (χ0n) is 10.8. The van der Waals surface area contributed by atoms with Crippen molar-refractivity contribution in [3.63, 3.8) is 0 Å². The maximum atomic E-state index is 13.1. The molecule has 0 radical (unpaired) electrons. The monoisotopic (exact) mass is 271 g/mol. The molecule has 1 heterocycles. The van der Waals surface area contributed by atoms with Crippen LogP contribution in [0.2, 0.25) is 0 Å². The van der Waals surface area contributed by atoms with Crippen LogP contribution in [-0.4, -0.2) is 18.9 Å². The Labute approximate surface area is 110 Å². The molecule has 2 nitrogen and oxygen atoms in total. The Balaban J connectivity index is 2.45. The van der Waals surface area contributed by atoms with Gasteiger partial charge in [0.25, 0.3) is 0 Å². The van der Waals surface area contributed by atoms with Crippen LogP contribution in [0, 0.1) is 0 Å². The summed E-state index contributed by atoms with van der Waals surface area (Å²) in [5, 5.41) is 0. The predicted molar refractivity (Wildman–Crippen MR) is 67.5 cm³/mol. The molecule has 1 aliphatic rings. The van der Waals surface area contributed by atoms with E-state index in [9.17, 15) is 18.0 Å². The minimum Gasteiger partial charge on any atom is -0.371 e. The molecular formula is C14H16F3NO. The second-order valence-corrected chi connectivity index (χ2v) is 4.70. The number of anilines is 1. The van der Waals surface area contributed by atoms with E-state index < -0.39 is 11.7 Å². The number of nitrogens with zero attached hydrogens (tertiary/aromatic N) is 1. The van der Waals surface area contributed by atoms with E-state index in [1.165, 1.54) is 12.1 Å². The lowest BCUT2D eigenvalue weighted by Gasteiger charge is -2.23. The van der Waals surface area contributed by atoms with Gasteiger partial charge in [0.05, 0.1) is 5.56 Å². The zero-order valence-corrected chi connectivity index (χ0v) is 10.8. The zero-order chi connectivity index (χ0) is 14.0. The smallest absolute Gasteiger partial charge is 0.371 e. The van der Waals surface area contributed by atoms with Gasteiger partial charge in [-0.1, -0.05) is 6.92 Å². The van der Waals surface area contributed by atoms with Gasteiger partial charge < -0.3 is 4.90 Å². The van der Waals surface area contributed by atoms with Gasteiger partial charge in [-0.25, -0.2) is 0 Å². The lowest BCUT2D eigenvalue weighted by Crippen LogP contribution is -2.22. The fraction of sp³-hybridized carbons (Fsp3) is 0.500. The Hall–Kier alpha value is -1.52. The van der Waals surface area contributed by atoms with Gasteiger partial charge in [0.1, 0.15) is 0 Å². The lowest BCUT2D eigenvalue weighted by molar-refractivity contribution is -0.137. The topological polar surface area (TPSA) is 20.3 Å². The Morgan fingerprint density at radius 2 is 1.89 bits per heavy atom. The van der Waals surface area contributed by atoms with Crippen LogP contribution in [0.1, 0.15) is 42.1 Å². The molecule has 1 saturated heterocycles. The van der Waals surface area contributed by atoms with Crippen LogP contribution in [-0.2, 0) is 6.18 Å². The third-order valence-corrected chi connectivity index (χ3v) is 3.39. The summed E-state index contributed by atoms with van der Waals surface area (Å²) in [6.07, 6.45) is -2.40. The average molecular weight is 271 g/mol. The molecule has 0 unspecified atom stereocenters. The van der Waals surface area contributed by atoms with E-state index in [1.807, 2.05) is 0 Å². The highest BCUT2D eigenvalue weighted by molar-refractivity contribution is 5.96. The van der Waals surface area contributed by atoms with Crippen LogP contribution in [0.3, 0.4) is 0 Å². The fourth-order valence-corrected chi connectivity index (χ4v) is 2.37. The van der Waals surface area contributed by atoms with Gasteiger partial charge in [0.2, 0.25) is 0 Å². The number of ketones is 1. The van der Waals surface area contributed by atoms with E-state index in [2.05, 4.69) is 0 Å². The SMILES string of the molecule is CCC(=O)c1ccc(N2CCCC2)c(C(F)(F)F)c1. The van der Waals surface area contributed by atoms with E-state index in [0.717, 1.165) is 18.9 Å². The molecule has 5 heteroatoms. The summed E-state index contributed by atoms with van der Waals surface area (Å²) in [7, 11) is 0. The van der Waals surface area contributed by atoms with Gasteiger partial charge >= 0.3 is 6.18 Å². The van der Waals surface area contributed by atoms with Crippen LogP contribution < -0.4 is 4.90 Å². The van der Waals surface area contributed by atoms with Crippen molar-refractivity contribution in [3.8, 4) is 0 Å². The minimum atomic E-state index is -4.43. The molecule has 0 N–H and O–H groups in total. The molecule has 0 saturated carbocycles. The third-order valence-electron chi connectivity index (χ3n) is 3.39. The van der Waals surface area contributed by atoms with Crippen molar-refractivity contribution in [1.29, 1.82) is 0 Å². The summed E-state index contributed by atoms with van der Waals surface area (Å²) >= 11 is 0. The quantitative estimate of drug-likeness (QED) is 0.777. The summed E-state index contributed by atoms with van der Waals surface area (Å²) in [6, 6.07) is 3.91. The maximum absolute atomic E-state index is 13.1. The molecule has 0 spiro atoms. The van der Waals surface area contributed by atoms with E-state index >= 15 is 0 Å². The molecule has 1 aromatic rings. The predicted octanol–water partition coefficient (Wildman–Crippen LogP) is 3.90. The molecule has 1 aliphatic heterocycles. The molecule has 0 aliphatic carbocycles. The van der Waals surface area contributed by atoms with E-state index in [-0.39, 0.29) is 23.5 Å². The van der Waals surface area contributed by atoms with Crippen molar-refractivity contribution >= 4 is 11.5 Å². The van der Waals surface area contributed by atoms with Gasteiger partial charge in [-0.15, -0.1) is 0 Å². The fourth-order valence-electron chi connectivity index (χ4n) is 2.37. The summed E-state index contributed by atoms with van der Waals surface area (Å²) in [5.74, 6) is -0.265. The normalized spacial score (nSPS) is 15.9. The number of hydrogen-bond acceptors (Lipinski definition) is 2. The van der Waals surface area contributed by atoms with Crippen LogP contribution in [0.4, 0.5) is 18.9 Å². The summed E-state index contributed by atoms with van der Waals surface area (Å²) < 4.78 is 39.3. The lowest BCUT2D eigenvalue weighted by atomic mass is 10.0. The number of carbonyl (C=O) groups is 1. The standard InChI is InChI=1S/C14H16F3NO/c1-2-13(19)10-5-6-12(18-7-3-4-8-18)11(9-10)14(15,16)17/h5-6,9H,2-4,7-8H2,1H3. The van der Waals surface area contributed by atoms with E-state index in [4.69, 9.17) is 0 Å². The second kappa shape index (κ2) is 5.23. The molecular weight excluding hydrogens is 255 g/mol. The van der Waals surface area contributed by atoms with Crippen molar-refractivity contribution in [1.82, 2.24) is 0 Å². The molecule has 104 valence electrons. The van der Waals surface area contributed by atoms with Gasteiger partial charge in [-0.2, -0.15) is 13.2 Å². The van der Waals surface area contributed by atoms with E-state index in [0.29, 0.717) is 13.1 Å². The molecule has 0 atom stereocenters. The van der Waals surface area contributed by atoms with Crippen molar-refractivity contribution < 1.29 is 18.0 Å².